The monoisotopic (exact) mass is 312 g/mol. The van der Waals surface area contributed by atoms with Gasteiger partial charge >= 0.3 is 0 Å². The molecule has 1 saturated carbocycles. The molecule has 1 atom stereocenters. The Morgan fingerprint density at radius 3 is 2.91 bits per heavy atom. The van der Waals surface area contributed by atoms with Gasteiger partial charge in [-0.3, -0.25) is 4.79 Å². The molecule has 3 heterocycles. The van der Waals surface area contributed by atoms with Gasteiger partial charge in [0, 0.05) is 25.0 Å². The minimum atomic E-state index is 0.108. The summed E-state index contributed by atoms with van der Waals surface area (Å²) in [7, 11) is 0. The van der Waals surface area contributed by atoms with Crippen LogP contribution in [0.25, 0.3) is 5.65 Å². The molecule has 1 aliphatic carbocycles. The first-order chi connectivity index (χ1) is 11.3. The van der Waals surface area contributed by atoms with Crippen molar-refractivity contribution >= 4 is 11.6 Å². The Hall–Kier alpha value is -1.91. The molecule has 23 heavy (non-hydrogen) atoms. The fraction of sp³-hybridized carbons (Fsp3) is 0.611. The van der Waals surface area contributed by atoms with E-state index in [1.54, 1.807) is 16.9 Å². The number of carbonyl (C=O) groups is 1. The molecular weight excluding hydrogens is 288 g/mol. The molecule has 0 bridgehead atoms. The lowest BCUT2D eigenvalue weighted by Gasteiger charge is -2.30. The number of likely N-dealkylation sites (tertiary alicyclic amines) is 1. The van der Waals surface area contributed by atoms with Gasteiger partial charge in [-0.2, -0.15) is 5.10 Å². The summed E-state index contributed by atoms with van der Waals surface area (Å²) in [5, 5.41) is 4.26. The second-order valence-electron chi connectivity index (χ2n) is 6.98. The Morgan fingerprint density at radius 2 is 2.04 bits per heavy atom. The number of carbonyl (C=O) groups excluding carboxylic acids is 1. The summed E-state index contributed by atoms with van der Waals surface area (Å²) in [5.41, 5.74) is 1.31. The minimum absolute atomic E-state index is 0.108. The standard InChI is InChI=1S/C18H24N4O/c23-18(16-13-20-22-11-5-9-19-17(16)22)21-10-4-8-15(21)12-14-6-2-1-3-7-14/h5,9,11,13-15H,1-4,6-8,10,12H2. The molecule has 122 valence electrons. The third kappa shape index (κ3) is 2.84. The minimum Gasteiger partial charge on any atom is -0.335 e. The number of hydrogen-bond acceptors (Lipinski definition) is 3. The highest BCUT2D eigenvalue weighted by atomic mass is 16.2. The third-order valence-corrected chi connectivity index (χ3v) is 5.48. The smallest absolute Gasteiger partial charge is 0.259 e. The highest BCUT2D eigenvalue weighted by Crippen LogP contribution is 2.32. The normalized spacial score (nSPS) is 22.8. The summed E-state index contributed by atoms with van der Waals surface area (Å²) in [4.78, 5) is 19.4. The summed E-state index contributed by atoms with van der Waals surface area (Å²) in [6.07, 6.45) is 15.5. The largest absolute Gasteiger partial charge is 0.335 e. The lowest BCUT2D eigenvalue weighted by molar-refractivity contribution is 0.0713. The van der Waals surface area contributed by atoms with Crippen molar-refractivity contribution in [2.45, 2.75) is 57.4 Å². The van der Waals surface area contributed by atoms with E-state index >= 15 is 0 Å². The second kappa shape index (κ2) is 6.30. The molecule has 2 aliphatic rings. The zero-order valence-electron chi connectivity index (χ0n) is 13.5. The molecule has 5 heteroatoms. The van der Waals surface area contributed by atoms with Crippen LogP contribution in [-0.2, 0) is 0 Å². The predicted octanol–water partition coefficient (Wildman–Crippen LogP) is 3.30. The van der Waals surface area contributed by atoms with Crippen molar-refractivity contribution in [3.05, 3.63) is 30.2 Å². The van der Waals surface area contributed by atoms with E-state index in [4.69, 9.17) is 0 Å². The molecular formula is C18H24N4O. The lowest BCUT2D eigenvalue weighted by Crippen LogP contribution is -2.37. The van der Waals surface area contributed by atoms with Crippen LogP contribution in [0.4, 0.5) is 0 Å². The maximum Gasteiger partial charge on any atom is 0.259 e. The molecule has 0 spiro atoms. The number of fused-ring (bicyclic) bond motifs is 1. The Bertz CT molecular complexity index is 689. The summed E-state index contributed by atoms with van der Waals surface area (Å²) in [6.45, 7) is 0.875. The van der Waals surface area contributed by atoms with Gasteiger partial charge in [0.25, 0.3) is 5.91 Å². The molecule has 1 saturated heterocycles. The topological polar surface area (TPSA) is 50.5 Å². The van der Waals surface area contributed by atoms with Gasteiger partial charge in [0.2, 0.25) is 0 Å². The summed E-state index contributed by atoms with van der Waals surface area (Å²) in [6, 6.07) is 2.24. The first-order valence-corrected chi connectivity index (χ1v) is 8.92. The van der Waals surface area contributed by atoms with E-state index in [-0.39, 0.29) is 5.91 Å². The predicted molar refractivity (Wildman–Crippen MR) is 88.2 cm³/mol. The first-order valence-electron chi connectivity index (χ1n) is 8.92. The van der Waals surface area contributed by atoms with E-state index in [1.807, 2.05) is 12.3 Å². The van der Waals surface area contributed by atoms with Crippen LogP contribution in [0.5, 0.6) is 0 Å². The van der Waals surface area contributed by atoms with Crippen molar-refractivity contribution in [3.63, 3.8) is 0 Å². The molecule has 2 aromatic rings. The fourth-order valence-electron chi connectivity index (χ4n) is 4.29. The average molecular weight is 312 g/mol. The lowest BCUT2D eigenvalue weighted by atomic mass is 9.84. The van der Waals surface area contributed by atoms with Crippen LogP contribution in [0.15, 0.2) is 24.7 Å². The van der Waals surface area contributed by atoms with Crippen molar-refractivity contribution in [1.82, 2.24) is 19.5 Å². The third-order valence-electron chi connectivity index (χ3n) is 5.48. The number of amides is 1. The van der Waals surface area contributed by atoms with Gasteiger partial charge in [-0.25, -0.2) is 9.50 Å². The van der Waals surface area contributed by atoms with E-state index in [0.717, 1.165) is 25.3 Å². The average Bonchev–Trinajstić information content (AvgIpc) is 3.22. The van der Waals surface area contributed by atoms with Crippen molar-refractivity contribution < 1.29 is 4.79 Å². The van der Waals surface area contributed by atoms with E-state index < -0.39 is 0 Å². The quantitative estimate of drug-likeness (QED) is 0.873. The van der Waals surface area contributed by atoms with Gasteiger partial charge in [-0.05, 0) is 31.2 Å². The molecule has 1 aliphatic heterocycles. The van der Waals surface area contributed by atoms with Crippen LogP contribution in [0, 0.1) is 5.92 Å². The summed E-state index contributed by atoms with van der Waals surface area (Å²) < 4.78 is 1.68. The Balaban J connectivity index is 1.52. The maximum absolute atomic E-state index is 13.0. The Labute approximate surface area is 136 Å². The fourth-order valence-corrected chi connectivity index (χ4v) is 4.29. The Morgan fingerprint density at radius 1 is 1.17 bits per heavy atom. The van der Waals surface area contributed by atoms with Gasteiger partial charge in [-0.1, -0.05) is 32.1 Å². The van der Waals surface area contributed by atoms with Crippen LogP contribution in [0.2, 0.25) is 0 Å². The summed E-state index contributed by atoms with van der Waals surface area (Å²) >= 11 is 0. The van der Waals surface area contributed by atoms with Gasteiger partial charge in [0.1, 0.15) is 5.56 Å². The zero-order valence-corrected chi connectivity index (χ0v) is 13.5. The van der Waals surface area contributed by atoms with Crippen molar-refractivity contribution in [3.8, 4) is 0 Å². The molecule has 0 N–H and O–H groups in total. The highest BCUT2D eigenvalue weighted by Gasteiger charge is 2.33. The molecule has 1 amide bonds. The zero-order chi connectivity index (χ0) is 15.6. The number of nitrogens with zero attached hydrogens (tertiary/aromatic N) is 4. The van der Waals surface area contributed by atoms with Crippen molar-refractivity contribution in [1.29, 1.82) is 0 Å². The van der Waals surface area contributed by atoms with Crippen LogP contribution in [0.1, 0.15) is 61.7 Å². The Kier molecular flexibility index (Phi) is 4.02. The maximum atomic E-state index is 13.0. The SMILES string of the molecule is O=C(c1cnn2cccnc12)N1CCCC1CC1CCCCC1. The van der Waals surface area contributed by atoms with Crippen molar-refractivity contribution in [2.75, 3.05) is 6.54 Å². The van der Waals surface area contributed by atoms with Crippen LogP contribution < -0.4 is 0 Å². The second-order valence-corrected chi connectivity index (χ2v) is 6.98. The molecule has 5 nitrogen and oxygen atoms in total. The summed E-state index contributed by atoms with van der Waals surface area (Å²) in [5.74, 6) is 0.918. The van der Waals surface area contributed by atoms with E-state index in [1.165, 1.54) is 38.5 Å². The van der Waals surface area contributed by atoms with Crippen LogP contribution >= 0.6 is 0 Å². The number of aromatic nitrogens is 3. The van der Waals surface area contributed by atoms with Gasteiger partial charge in [0.05, 0.1) is 6.20 Å². The molecule has 0 radical (unpaired) electrons. The van der Waals surface area contributed by atoms with E-state index in [0.29, 0.717) is 17.3 Å². The van der Waals surface area contributed by atoms with Crippen LogP contribution in [0.3, 0.4) is 0 Å². The molecule has 0 aromatic carbocycles. The molecule has 2 fully saturated rings. The number of hydrogen-bond donors (Lipinski definition) is 0. The number of rotatable bonds is 3. The molecule has 4 rings (SSSR count). The molecule has 1 unspecified atom stereocenters. The van der Waals surface area contributed by atoms with E-state index in [2.05, 4.69) is 15.0 Å². The van der Waals surface area contributed by atoms with Crippen LogP contribution in [-0.4, -0.2) is 38.0 Å². The van der Waals surface area contributed by atoms with Gasteiger partial charge in [0.15, 0.2) is 5.65 Å². The van der Waals surface area contributed by atoms with E-state index in [9.17, 15) is 4.79 Å². The first kappa shape index (κ1) is 14.7. The molecule has 2 aromatic heterocycles. The highest BCUT2D eigenvalue weighted by molar-refractivity contribution is 5.99. The van der Waals surface area contributed by atoms with Gasteiger partial charge < -0.3 is 4.90 Å². The van der Waals surface area contributed by atoms with Crippen molar-refractivity contribution in [2.24, 2.45) is 5.92 Å². The van der Waals surface area contributed by atoms with Gasteiger partial charge in [-0.15, -0.1) is 0 Å².